The molecule has 4 rings (SSSR count). The molecule has 1 saturated heterocycles. The van der Waals surface area contributed by atoms with Crippen molar-refractivity contribution in [3.8, 4) is 5.75 Å². The van der Waals surface area contributed by atoms with Gasteiger partial charge in [0.15, 0.2) is 5.82 Å². The first kappa shape index (κ1) is 15.9. The van der Waals surface area contributed by atoms with Crippen LogP contribution < -0.4 is 10.1 Å². The molecule has 1 aromatic heterocycles. The van der Waals surface area contributed by atoms with Gasteiger partial charge in [0, 0.05) is 19.5 Å². The minimum absolute atomic E-state index is 0.0336. The summed E-state index contributed by atoms with van der Waals surface area (Å²) in [7, 11) is 1.66. The smallest absolute Gasteiger partial charge is 0.318 e. The number of carbonyl (C=O) groups excluding carboxylic acids is 1. The molecule has 2 aliphatic heterocycles. The number of hydrogen-bond acceptors (Lipinski definition) is 4. The fraction of sp³-hybridized carbons (Fsp3) is 0.500. The van der Waals surface area contributed by atoms with Gasteiger partial charge in [-0.05, 0) is 37.0 Å². The first-order valence-corrected chi connectivity index (χ1v) is 8.85. The van der Waals surface area contributed by atoms with Crippen LogP contribution in [-0.2, 0) is 19.5 Å². The molecule has 2 aromatic rings. The maximum Gasteiger partial charge on any atom is 0.318 e. The standard InChI is InChI=1S/C18H23N5O2/c1-25-14-8-6-13(7-9-14)15-4-2-10-22(15)18(24)19-12-17-21-20-16-5-3-11-23(16)17/h6-9,15H,2-5,10-12H2,1H3,(H,19,24)/t15-/m0/s1. The normalized spacial score (nSPS) is 19.1. The predicted molar refractivity (Wildman–Crippen MR) is 92.3 cm³/mol. The number of methoxy groups -OCH3 is 1. The molecule has 0 saturated carbocycles. The summed E-state index contributed by atoms with van der Waals surface area (Å²) in [6, 6.07) is 8.07. The maximum atomic E-state index is 12.7. The monoisotopic (exact) mass is 341 g/mol. The molecule has 3 heterocycles. The van der Waals surface area contributed by atoms with Crippen molar-refractivity contribution in [3.63, 3.8) is 0 Å². The molecule has 0 bridgehead atoms. The van der Waals surface area contributed by atoms with Crippen LogP contribution in [0.15, 0.2) is 24.3 Å². The van der Waals surface area contributed by atoms with Crippen molar-refractivity contribution < 1.29 is 9.53 Å². The molecule has 0 radical (unpaired) electrons. The maximum absolute atomic E-state index is 12.7. The molecular formula is C18H23N5O2. The lowest BCUT2D eigenvalue weighted by Crippen LogP contribution is -2.39. The Labute approximate surface area is 147 Å². The average molecular weight is 341 g/mol. The first-order chi connectivity index (χ1) is 12.3. The number of rotatable bonds is 4. The number of carbonyl (C=O) groups is 1. The fourth-order valence-corrected chi connectivity index (χ4v) is 3.78. The summed E-state index contributed by atoms with van der Waals surface area (Å²) in [4.78, 5) is 14.6. The molecule has 7 heteroatoms. The lowest BCUT2D eigenvalue weighted by Gasteiger charge is -2.25. The van der Waals surface area contributed by atoms with Gasteiger partial charge in [0.25, 0.3) is 0 Å². The van der Waals surface area contributed by atoms with Crippen molar-refractivity contribution in [3.05, 3.63) is 41.5 Å². The van der Waals surface area contributed by atoms with E-state index in [9.17, 15) is 4.79 Å². The second kappa shape index (κ2) is 6.74. The van der Waals surface area contributed by atoms with Crippen LogP contribution in [0.1, 0.15) is 42.5 Å². The topological polar surface area (TPSA) is 72.3 Å². The molecule has 25 heavy (non-hydrogen) atoms. The van der Waals surface area contributed by atoms with E-state index >= 15 is 0 Å². The molecule has 132 valence electrons. The van der Waals surface area contributed by atoms with E-state index < -0.39 is 0 Å². The van der Waals surface area contributed by atoms with Crippen LogP contribution in [0.2, 0.25) is 0 Å². The van der Waals surface area contributed by atoms with Gasteiger partial charge < -0.3 is 19.5 Å². The van der Waals surface area contributed by atoms with Crippen molar-refractivity contribution in [2.45, 2.75) is 44.8 Å². The third kappa shape index (κ3) is 3.06. The fourth-order valence-electron chi connectivity index (χ4n) is 3.78. The Morgan fingerprint density at radius 1 is 1.24 bits per heavy atom. The molecule has 0 unspecified atom stereocenters. The summed E-state index contributed by atoms with van der Waals surface area (Å²) >= 11 is 0. The number of nitrogens with one attached hydrogen (secondary N) is 1. The van der Waals surface area contributed by atoms with Crippen LogP contribution >= 0.6 is 0 Å². The van der Waals surface area contributed by atoms with Crippen LogP contribution in [-0.4, -0.2) is 39.4 Å². The van der Waals surface area contributed by atoms with E-state index in [2.05, 4.69) is 20.1 Å². The number of aryl methyl sites for hydroxylation is 1. The zero-order valence-electron chi connectivity index (χ0n) is 14.4. The van der Waals surface area contributed by atoms with Crippen molar-refractivity contribution in [1.82, 2.24) is 25.0 Å². The Bertz CT molecular complexity index is 755. The summed E-state index contributed by atoms with van der Waals surface area (Å²) in [5, 5.41) is 11.4. The van der Waals surface area contributed by atoms with Crippen LogP contribution in [0.25, 0.3) is 0 Å². The van der Waals surface area contributed by atoms with Gasteiger partial charge in [-0.25, -0.2) is 4.79 Å². The molecule has 1 N–H and O–H groups in total. The number of nitrogens with zero attached hydrogens (tertiary/aromatic N) is 4. The van der Waals surface area contributed by atoms with Gasteiger partial charge in [0.1, 0.15) is 11.6 Å². The van der Waals surface area contributed by atoms with Crippen LogP contribution in [0.4, 0.5) is 4.79 Å². The van der Waals surface area contributed by atoms with E-state index in [1.54, 1.807) is 7.11 Å². The molecule has 0 aliphatic carbocycles. The molecule has 1 fully saturated rings. The van der Waals surface area contributed by atoms with Gasteiger partial charge in [0.2, 0.25) is 0 Å². The summed E-state index contributed by atoms with van der Waals surface area (Å²) in [6.45, 7) is 2.16. The van der Waals surface area contributed by atoms with E-state index in [0.29, 0.717) is 6.54 Å². The number of likely N-dealkylation sites (tertiary alicyclic amines) is 1. The largest absolute Gasteiger partial charge is 0.497 e. The summed E-state index contributed by atoms with van der Waals surface area (Å²) < 4.78 is 7.33. The number of aromatic nitrogens is 3. The molecule has 1 aromatic carbocycles. The van der Waals surface area contributed by atoms with E-state index in [0.717, 1.165) is 61.7 Å². The minimum Gasteiger partial charge on any atom is -0.497 e. The lowest BCUT2D eigenvalue weighted by molar-refractivity contribution is 0.192. The molecule has 1 atom stereocenters. The summed E-state index contributed by atoms with van der Waals surface area (Å²) in [5.41, 5.74) is 1.15. The average Bonchev–Trinajstić information content (AvgIpc) is 3.36. The number of urea groups is 1. The van der Waals surface area contributed by atoms with E-state index in [-0.39, 0.29) is 12.1 Å². The van der Waals surface area contributed by atoms with E-state index in [1.807, 2.05) is 29.2 Å². The van der Waals surface area contributed by atoms with Crippen LogP contribution in [0.5, 0.6) is 5.75 Å². The van der Waals surface area contributed by atoms with E-state index in [1.165, 1.54) is 0 Å². The number of fused-ring (bicyclic) bond motifs is 1. The Balaban J connectivity index is 1.41. The van der Waals surface area contributed by atoms with Gasteiger partial charge in [-0.2, -0.15) is 0 Å². The van der Waals surface area contributed by atoms with Gasteiger partial charge in [-0.3, -0.25) is 0 Å². The molecule has 7 nitrogen and oxygen atoms in total. The second-order valence-corrected chi connectivity index (χ2v) is 6.57. The highest BCUT2D eigenvalue weighted by atomic mass is 16.5. The molecule has 0 spiro atoms. The zero-order chi connectivity index (χ0) is 17.2. The predicted octanol–water partition coefficient (Wildman–Crippen LogP) is 2.28. The molecular weight excluding hydrogens is 318 g/mol. The van der Waals surface area contributed by atoms with Gasteiger partial charge in [0.05, 0.1) is 19.7 Å². The zero-order valence-corrected chi connectivity index (χ0v) is 14.4. The number of hydrogen-bond donors (Lipinski definition) is 1. The van der Waals surface area contributed by atoms with Crippen molar-refractivity contribution in [2.24, 2.45) is 0 Å². The lowest BCUT2D eigenvalue weighted by atomic mass is 10.0. The SMILES string of the molecule is COc1ccc([C@@H]2CCCN2C(=O)NCc2nnc3n2CCC3)cc1. The minimum atomic E-state index is -0.0336. The summed E-state index contributed by atoms with van der Waals surface area (Å²) in [6.07, 6.45) is 4.09. The highest BCUT2D eigenvalue weighted by Gasteiger charge is 2.30. The highest BCUT2D eigenvalue weighted by molar-refractivity contribution is 5.75. The molecule has 2 aliphatic rings. The van der Waals surface area contributed by atoms with Gasteiger partial charge >= 0.3 is 6.03 Å². The van der Waals surface area contributed by atoms with Crippen LogP contribution in [0, 0.1) is 0 Å². The van der Waals surface area contributed by atoms with Crippen molar-refractivity contribution in [2.75, 3.05) is 13.7 Å². The Morgan fingerprint density at radius 2 is 2.08 bits per heavy atom. The quantitative estimate of drug-likeness (QED) is 0.926. The van der Waals surface area contributed by atoms with Crippen molar-refractivity contribution >= 4 is 6.03 Å². The third-order valence-corrected chi connectivity index (χ3v) is 5.10. The Kier molecular flexibility index (Phi) is 4.29. The molecule has 2 amide bonds. The first-order valence-electron chi connectivity index (χ1n) is 8.85. The van der Waals surface area contributed by atoms with Crippen molar-refractivity contribution in [1.29, 1.82) is 0 Å². The van der Waals surface area contributed by atoms with E-state index in [4.69, 9.17) is 4.74 Å². The number of amides is 2. The summed E-state index contributed by atoms with van der Waals surface area (Å²) in [5.74, 6) is 2.71. The second-order valence-electron chi connectivity index (χ2n) is 6.57. The Morgan fingerprint density at radius 3 is 2.88 bits per heavy atom. The number of benzene rings is 1. The third-order valence-electron chi connectivity index (χ3n) is 5.10. The number of ether oxygens (including phenoxy) is 1. The van der Waals surface area contributed by atoms with Crippen LogP contribution in [0.3, 0.4) is 0 Å². The highest BCUT2D eigenvalue weighted by Crippen LogP contribution is 2.32. The van der Waals surface area contributed by atoms with Gasteiger partial charge in [-0.1, -0.05) is 12.1 Å². The Hall–Kier alpha value is -2.57. The van der Waals surface area contributed by atoms with Gasteiger partial charge in [-0.15, -0.1) is 10.2 Å².